The average molecular weight is 420 g/mol. The molecule has 4 aromatic rings. The van der Waals surface area contributed by atoms with Crippen LogP contribution in [-0.4, -0.2) is 21.4 Å². The van der Waals surface area contributed by atoms with E-state index in [4.69, 9.17) is 4.74 Å². The normalized spacial score (nSPS) is 10.7. The Labute approximate surface area is 166 Å². The number of para-hydroxylation sites is 1. The van der Waals surface area contributed by atoms with E-state index in [1.54, 1.807) is 0 Å². The SMILES string of the molecule is CCOc1ccc(-c2nnc(-c3ccc(Br)cc3)n2-c2ccccc2)cc1. The number of ether oxygens (including phenoxy) is 1. The van der Waals surface area contributed by atoms with Gasteiger partial charge in [-0.25, -0.2) is 0 Å². The molecule has 5 heteroatoms. The van der Waals surface area contributed by atoms with Crippen LogP contribution in [0.2, 0.25) is 0 Å². The minimum absolute atomic E-state index is 0.646. The van der Waals surface area contributed by atoms with Gasteiger partial charge in [-0.3, -0.25) is 4.57 Å². The predicted molar refractivity (Wildman–Crippen MR) is 111 cm³/mol. The summed E-state index contributed by atoms with van der Waals surface area (Å²) in [6, 6.07) is 26.2. The Morgan fingerprint density at radius 1 is 0.778 bits per heavy atom. The summed E-state index contributed by atoms with van der Waals surface area (Å²) < 4.78 is 8.66. The Bertz CT molecular complexity index is 1030. The van der Waals surface area contributed by atoms with Crippen molar-refractivity contribution in [2.24, 2.45) is 0 Å². The fraction of sp³-hybridized carbons (Fsp3) is 0.0909. The van der Waals surface area contributed by atoms with Gasteiger partial charge in [-0.1, -0.05) is 46.3 Å². The van der Waals surface area contributed by atoms with E-state index >= 15 is 0 Å². The number of benzene rings is 3. The monoisotopic (exact) mass is 419 g/mol. The second-order valence-electron chi connectivity index (χ2n) is 5.98. The van der Waals surface area contributed by atoms with Crippen molar-refractivity contribution in [2.45, 2.75) is 6.92 Å². The van der Waals surface area contributed by atoms with Gasteiger partial charge in [0.25, 0.3) is 0 Å². The first-order chi connectivity index (χ1) is 13.3. The number of hydrogen-bond acceptors (Lipinski definition) is 3. The molecule has 0 aliphatic heterocycles. The highest BCUT2D eigenvalue weighted by Crippen LogP contribution is 2.30. The second kappa shape index (κ2) is 7.76. The van der Waals surface area contributed by atoms with Crippen LogP contribution in [0.25, 0.3) is 28.5 Å². The Kier molecular flexibility index (Phi) is 5.03. The van der Waals surface area contributed by atoms with Crippen molar-refractivity contribution in [3.63, 3.8) is 0 Å². The lowest BCUT2D eigenvalue weighted by molar-refractivity contribution is 0.340. The topological polar surface area (TPSA) is 39.9 Å². The molecule has 0 aliphatic rings. The summed E-state index contributed by atoms with van der Waals surface area (Å²) in [5.41, 5.74) is 3.01. The van der Waals surface area contributed by atoms with Crippen LogP contribution in [0.4, 0.5) is 0 Å². The Balaban J connectivity index is 1.86. The third-order valence-electron chi connectivity index (χ3n) is 4.20. The summed E-state index contributed by atoms with van der Waals surface area (Å²) in [5.74, 6) is 2.44. The van der Waals surface area contributed by atoms with Crippen LogP contribution in [0, 0.1) is 0 Å². The number of hydrogen-bond donors (Lipinski definition) is 0. The molecule has 0 radical (unpaired) electrons. The van der Waals surface area contributed by atoms with Crippen LogP contribution >= 0.6 is 15.9 Å². The molecule has 134 valence electrons. The number of aromatic nitrogens is 3. The molecule has 27 heavy (non-hydrogen) atoms. The van der Waals surface area contributed by atoms with E-state index in [0.717, 1.165) is 38.7 Å². The van der Waals surface area contributed by atoms with Crippen molar-refractivity contribution < 1.29 is 4.74 Å². The molecule has 0 aliphatic carbocycles. The summed E-state index contributed by atoms with van der Waals surface area (Å²) in [7, 11) is 0. The Morgan fingerprint density at radius 3 is 1.89 bits per heavy atom. The molecule has 0 saturated heterocycles. The third kappa shape index (κ3) is 3.64. The van der Waals surface area contributed by atoms with Crippen LogP contribution in [0.3, 0.4) is 0 Å². The van der Waals surface area contributed by atoms with E-state index in [-0.39, 0.29) is 0 Å². The standard InChI is InChI=1S/C22H18BrN3O/c1-2-27-20-14-10-17(11-15-20)22-25-24-21(16-8-12-18(23)13-9-16)26(22)19-6-4-3-5-7-19/h3-15H,2H2,1H3. The van der Waals surface area contributed by atoms with Crippen molar-refractivity contribution in [2.75, 3.05) is 6.61 Å². The minimum atomic E-state index is 0.646. The van der Waals surface area contributed by atoms with Gasteiger partial charge in [0, 0.05) is 21.3 Å². The van der Waals surface area contributed by atoms with Gasteiger partial charge in [-0.15, -0.1) is 10.2 Å². The maximum absolute atomic E-state index is 5.55. The molecule has 0 N–H and O–H groups in total. The number of rotatable bonds is 5. The van der Waals surface area contributed by atoms with Gasteiger partial charge in [0.1, 0.15) is 5.75 Å². The van der Waals surface area contributed by atoms with Gasteiger partial charge in [0.2, 0.25) is 0 Å². The third-order valence-corrected chi connectivity index (χ3v) is 4.73. The highest BCUT2D eigenvalue weighted by Gasteiger charge is 2.17. The zero-order valence-corrected chi connectivity index (χ0v) is 16.4. The largest absolute Gasteiger partial charge is 0.494 e. The van der Waals surface area contributed by atoms with Crippen LogP contribution in [0.15, 0.2) is 83.3 Å². The molecule has 0 bridgehead atoms. The first-order valence-electron chi connectivity index (χ1n) is 8.76. The number of nitrogens with zero attached hydrogens (tertiary/aromatic N) is 3. The molecule has 0 unspecified atom stereocenters. The molecule has 3 aromatic carbocycles. The lowest BCUT2D eigenvalue weighted by atomic mass is 10.1. The maximum atomic E-state index is 5.55. The first-order valence-corrected chi connectivity index (χ1v) is 9.55. The maximum Gasteiger partial charge on any atom is 0.168 e. The summed E-state index contributed by atoms with van der Waals surface area (Å²) in [4.78, 5) is 0. The quantitative estimate of drug-likeness (QED) is 0.412. The van der Waals surface area contributed by atoms with E-state index < -0.39 is 0 Å². The molecule has 0 atom stereocenters. The average Bonchev–Trinajstić information content (AvgIpc) is 3.15. The Hall–Kier alpha value is -2.92. The molecule has 0 amide bonds. The molecule has 0 fully saturated rings. The molecule has 4 nitrogen and oxygen atoms in total. The smallest absolute Gasteiger partial charge is 0.168 e. The molecule has 0 saturated carbocycles. The molecule has 1 aromatic heterocycles. The fourth-order valence-corrected chi connectivity index (χ4v) is 3.21. The molecule has 4 rings (SSSR count). The highest BCUT2D eigenvalue weighted by atomic mass is 79.9. The van der Waals surface area contributed by atoms with Crippen LogP contribution in [0.5, 0.6) is 5.75 Å². The van der Waals surface area contributed by atoms with E-state index in [1.165, 1.54) is 0 Å². The van der Waals surface area contributed by atoms with E-state index in [0.29, 0.717) is 6.61 Å². The van der Waals surface area contributed by atoms with Gasteiger partial charge in [-0.05, 0) is 55.5 Å². The predicted octanol–water partition coefficient (Wildman–Crippen LogP) is 5.76. The Morgan fingerprint density at radius 2 is 1.33 bits per heavy atom. The van der Waals surface area contributed by atoms with Gasteiger partial charge >= 0.3 is 0 Å². The molecule has 1 heterocycles. The summed E-state index contributed by atoms with van der Waals surface area (Å²) in [6.07, 6.45) is 0. The lowest BCUT2D eigenvalue weighted by Gasteiger charge is -2.11. The zero-order chi connectivity index (χ0) is 18.6. The van der Waals surface area contributed by atoms with Crippen molar-refractivity contribution in [1.29, 1.82) is 0 Å². The van der Waals surface area contributed by atoms with E-state index in [9.17, 15) is 0 Å². The minimum Gasteiger partial charge on any atom is -0.494 e. The van der Waals surface area contributed by atoms with Crippen molar-refractivity contribution >= 4 is 15.9 Å². The van der Waals surface area contributed by atoms with Gasteiger partial charge in [0.15, 0.2) is 11.6 Å². The summed E-state index contributed by atoms with van der Waals surface area (Å²) in [5, 5.41) is 8.99. The van der Waals surface area contributed by atoms with Crippen LogP contribution in [0.1, 0.15) is 6.92 Å². The van der Waals surface area contributed by atoms with Gasteiger partial charge < -0.3 is 4.74 Å². The van der Waals surface area contributed by atoms with Crippen molar-refractivity contribution in [1.82, 2.24) is 14.8 Å². The first kappa shape index (κ1) is 17.5. The van der Waals surface area contributed by atoms with Gasteiger partial charge in [-0.2, -0.15) is 0 Å². The highest BCUT2D eigenvalue weighted by molar-refractivity contribution is 9.10. The van der Waals surface area contributed by atoms with Gasteiger partial charge in [0.05, 0.1) is 6.61 Å². The van der Waals surface area contributed by atoms with Crippen LogP contribution in [-0.2, 0) is 0 Å². The molecule has 0 spiro atoms. The fourth-order valence-electron chi connectivity index (χ4n) is 2.95. The molecular formula is C22H18BrN3O. The lowest BCUT2D eigenvalue weighted by Crippen LogP contribution is -2.00. The van der Waals surface area contributed by atoms with Crippen molar-refractivity contribution in [3.05, 3.63) is 83.3 Å². The number of halogens is 1. The second-order valence-corrected chi connectivity index (χ2v) is 6.90. The zero-order valence-electron chi connectivity index (χ0n) is 14.8. The van der Waals surface area contributed by atoms with Crippen molar-refractivity contribution in [3.8, 4) is 34.2 Å². The summed E-state index contributed by atoms with van der Waals surface area (Å²) in [6.45, 7) is 2.62. The van der Waals surface area contributed by atoms with E-state index in [2.05, 4.69) is 42.8 Å². The summed E-state index contributed by atoms with van der Waals surface area (Å²) >= 11 is 3.49. The van der Waals surface area contributed by atoms with Crippen LogP contribution < -0.4 is 4.74 Å². The molecular weight excluding hydrogens is 402 g/mol. The van der Waals surface area contributed by atoms with E-state index in [1.807, 2.05) is 73.7 Å².